The second-order valence-electron chi connectivity index (χ2n) is 5.97. The molecular weight excluding hydrogens is 357 g/mol. The number of alkyl halides is 3. The van der Waals surface area contributed by atoms with E-state index in [1.165, 1.54) is 4.90 Å². The van der Waals surface area contributed by atoms with E-state index in [9.17, 15) is 27.6 Å². The van der Waals surface area contributed by atoms with Crippen LogP contribution < -0.4 is 5.56 Å². The Balaban J connectivity index is 2.15. The third-order valence-electron chi connectivity index (χ3n) is 4.03. The second-order valence-corrected chi connectivity index (χ2v) is 5.97. The van der Waals surface area contributed by atoms with E-state index in [1.807, 2.05) is 0 Å². The van der Waals surface area contributed by atoms with Crippen molar-refractivity contribution in [1.82, 2.24) is 9.47 Å². The molecule has 7 nitrogen and oxygen atoms in total. The summed E-state index contributed by atoms with van der Waals surface area (Å²) in [4.78, 5) is 36.4. The maximum atomic E-state index is 12.8. The van der Waals surface area contributed by atoms with Crippen molar-refractivity contribution in [3.05, 3.63) is 34.2 Å². The third-order valence-corrected chi connectivity index (χ3v) is 4.03. The summed E-state index contributed by atoms with van der Waals surface area (Å²) in [7, 11) is 0. The molecule has 1 aromatic rings. The molecule has 0 aliphatic carbocycles. The lowest BCUT2D eigenvalue weighted by Crippen LogP contribution is -2.42. The average Bonchev–Trinajstić information content (AvgIpc) is 3.05. The molecule has 1 fully saturated rings. The summed E-state index contributed by atoms with van der Waals surface area (Å²) < 4.78 is 44.5. The molecule has 1 aliphatic heterocycles. The molecule has 0 aromatic carbocycles. The lowest BCUT2D eigenvalue weighted by atomic mass is 10.2. The first-order chi connectivity index (χ1) is 12.2. The molecule has 1 aromatic heterocycles. The summed E-state index contributed by atoms with van der Waals surface area (Å²) in [6.07, 6.45) is -2.75. The number of ether oxygens (including phenoxy) is 1. The topological polar surface area (TPSA) is 88.8 Å². The van der Waals surface area contributed by atoms with Gasteiger partial charge in [-0.2, -0.15) is 13.2 Å². The highest BCUT2D eigenvalue weighted by Gasteiger charge is 2.34. The minimum Gasteiger partial charge on any atom is -0.481 e. The smallest absolute Gasteiger partial charge is 0.421 e. The number of hydrogen-bond donors (Lipinski definition) is 1. The molecule has 144 valence electrons. The molecule has 10 heteroatoms. The highest BCUT2D eigenvalue weighted by Crippen LogP contribution is 2.26. The van der Waals surface area contributed by atoms with Crippen molar-refractivity contribution in [2.24, 2.45) is 0 Å². The van der Waals surface area contributed by atoms with Gasteiger partial charge in [-0.15, -0.1) is 0 Å². The van der Waals surface area contributed by atoms with Crippen LogP contribution in [-0.2, 0) is 27.0 Å². The minimum atomic E-state index is -4.82. The summed E-state index contributed by atoms with van der Waals surface area (Å²) in [5.41, 5.74) is -2.67. The molecule has 1 saturated heterocycles. The molecule has 0 spiro atoms. The maximum Gasteiger partial charge on any atom is 0.421 e. The van der Waals surface area contributed by atoms with Gasteiger partial charge in [-0.25, -0.2) is 0 Å². The highest BCUT2D eigenvalue weighted by molar-refractivity contribution is 5.77. The van der Waals surface area contributed by atoms with Crippen LogP contribution in [0.4, 0.5) is 13.2 Å². The fourth-order valence-corrected chi connectivity index (χ4v) is 2.71. The van der Waals surface area contributed by atoms with E-state index in [0.717, 1.165) is 18.7 Å². The zero-order chi connectivity index (χ0) is 19.3. The number of amides is 1. The average molecular weight is 376 g/mol. The minimum absolute atomic E-state index is 0.109. The first kappa shape index (κ1) is 20.0. The Bertz CT molecular complexity index is 711. The van der Waals surface area contributed by atoms with Crippen molar-refractivity contribution >= 4 is 11.9 Å². The molecule has 2 heterocycles. The van der Waals surface area contributed by atoms with Gasteiger partial charge in [0.25, 0.3) is 5.56 Å². The van der Waals surface area contributed by atoms with Gasteiger partial charge < -0.3 is 19.3 Å². The Hall–Kier alpha value is -2.36. The van der Waals surface area contributed by atoms with Crippen LogP contribution in [0.5, 0.6) is 0 Å². The lowest BCUT2D eigenvalue weighted by Gasteiger charge is -2.25. The van der Waals surface area contributed by atoms with Crippen molar-refractivity contribution < 1.29 is 32.6 Å². The van der Waals surface area contributed by atoms with E-state index in [0.29, 0.717) is 23.7 Å². The van der Waals surface area contributed by atoms with Gasteiger partial charge in [0.15, 0.2) is 0 Å². The van der Waals surface area contributed by atoms with Crippen LogP contribution in [-0.4, -0.2) is 52.3 Å². The van der Waals surface area contributed by atoms with Crippen LogP contribution in [0.2, 0.25) is 0 Å². The van der Waals surface area contributed by atoms with Gasteiger partial charge in [0.1, 0.15) is 12.1 Å². The maximum absolute atomic E-state index is 12.8. The van der Waals surface area contributed by atoms with Crippen molar-refractivity contribution in [3.63, 3.8) is 0 Å². The Labute approximate surface area is 147 Å². The number of carboxylic acids is 1. The number of carbonyl (C=O) groups excluding carboxylic acids is 1. The van der Waals surface area contributed by atoms with Crippen molar-refractivity contribution in [2.45, 2.75) is 38.1 Å². The molecule has 0 unspecified atom stereocenters. The van der Waals surface area contributed by atoms with E-state index in [4.69, 9.17) is 9.84 Å². The van der Waals surface area contributed by atoms with E-state index < -0.39 is 35.7 Å². The number of pyridine rings is 1. The summed E-state index contributed by atoms with van der Waals surface area (Å²) in [5.74, 6) is -1.74. The van der Waals surface area contributed by atoms with E-state index >= 15 is 0 Å². The van der Waals surface area contributed by atoms with Crippen molar-refractivity contribution in [2.75, 3.05) is 19.7 Å². The van der Waals surface area contributed by atoms with Crippen LogP contribution in [0.15, 0.2) is 23.1 Å². The number of aromatic nitrogens is 1. The standard InChI is InChI=1S/C16H19F3N2O5/c17-16(18,19)12-4-1-6-21(15(12)25)10-13(22)20(7-5-14(23)24)9-11-3-2-8-26-11/h1,4,6,11H,2-3,5,7-10H2,(H,23,24)/t11-/m1/s1. The van der Waals surface area contributed by atoms with Crippen LogP contribution in [0.3, 0.4) is 0 Å². The van der Waals surface area contributed by atoms with Crippen LogP contribution >= 0.6 is 0 Å². The van der Waals surface area contributed by atoms with Crippen molar-refractivity contribution in [3.8, 4) is 0 Å². The van der Waals surface area contributed by atoms with Crippen LogP contribution in [0.1, 0.15) is 24.8 Å². The number of nitrogens with zero attached hydrogens (tertiary/aromatic N) is 2. The van der Waals surface area contributed by atoms with Crippen molar-refractivity contribution in [1.29, 1.82) is 0 Å². The van der Waals surface area contributed by atoms with Gasteiger partial charge in [-0.1, -0.05) is 0 Å². The molecule has 1 atom stereocenters. The number of rotatable bonds is 7. The quantitative estimate of drug-likeness (QED) is 0.776. The van der Waals surface area contributed by atoms with Crippen LogP contribution in [0, 0.1) is 0 Å². The monoisotopic (exact) mass is 376 g/mol. The largest absolute Gasteiger partial charge is 0.481 e. The van der Waals surface area contributed by atoms with E-state index in [1.54, 1.807) is 0 Å². The highest BCUT2D eigenvalue weighted by atomic mass is 19.4. The molecular formula is C16H19F3N2O5. The summed E-state index contributed by atoms with van der Waals surface area (Å²) in [6, 6.07) is 1.69. The predicted octanol–water partition coefficient (Wildman–Crippen LogP) is 1.35. The summed E-state index contributed by atoms with van der Waals surface area (Å²) in [5, 5.41) is 8.82. The van der Waals surface area contributed by atoms with Gasteiger partial charge in [-0.05, 0) is 25.0 Å². The normalized spacial score (nSPS) is 17.3. The number of carbonyl (C=O) groups is 2. The zero-order valence-electron chi connectivity index (χ0n) is 13.9. The molecule has 1 amide bonds. The van der Waals surface area contributed by atoms with E-state index in [2.05, 4.69) is 0 Å². The Morgan fingerprint density at radius 3 is 2.69 bits per heavy atom. The number of carboxylic acid groups (broad SMARTS) is 1. The first-order valence-corrected chi connectivity index (χ1v) is 8.06. The first-order valence-electron chi connectivity index (χ1n) is 8.06. The molecule has 26 heavy (non-hydrogen) atoms. The van der Waals surface area contributed by atoms with Gasteiger partial charge in [0, 0.05) is 25.9 Å². The molecule has 0 saturated carbocycles. The third kappa shape index (κ3) is 5.32. The van der Waals surface area contributed by atoms with Gasteiger partial charge in [0.2, 0.25) is 5.91 Å². The van der Waals surface area contributed by atoms with Crippen LogP contribution in [0.25, 0.3) is 0 Å². The van der Waals surface area contributed by atoms with E-state index in [-0.39, 0.29) is 25.6 Å². The number of hydrogen-bond acceptors (Lipinski definition) is 4. The fraction of sp³-hybridized carbons (Fsp3) is 0.562. The summed E-state index contributed by atoms with van der Waals surface area (Å²) >= 11 is 0. The number of halogens is 3. The SMILES string of the molecule is O=C(O)CCN(C[C@H]1CCCO1)C(=O)Cn1cccc(C(F)(F)F)c1=O. The molecule has 0 bridgehead atoms. The Morgan fingerprint density at radius 2 is 2.12 bits per heavy atom. The number of aliphatic carboxylic acids is 1. The van der Waals surface area contributed by atoms with Gasteiger partial charge in [-0.3, -0.25) is 14.4 Å². The van der Waals surface area contributed by atoms with Gasteiger partial charge in [0.05, 0.1) is 12.5 Å². The zero-order valence-corrected chi connectivity index (χ0v) is 13.9. The second kappa shape index (κ2) is 8.35. The lowest BCUT2D eigenvalue weighted by molar-refractivity contribution is -0.141. The molecule has 0 radical (unpaired) electrons. The summed E-state index contributed by atoms with van der Waals surface area (Å²) in [6.45, 7) is -0.0324. The Kier molecular flexibility index (Phi) is 6.41. The predicted molar refractivity (Wildman–Crippen MR) is 83.5 cm³/mol. The fourth-order valence-electron chi connectivity index (χ4n) is 2.71. The molecule has 2 rings (SSSR count). The van der Waals surface area contributed by atoms with Gasteiger partial charge >= 0.3 is 12.1 Å². The Morgan fingerprint density at radius 1 is 1.38 bits per heavy atom. The molecule has 1 N–H and O–H groups in total. The molecule has 1 aliphatic rings.